The summed E-state index contributed by atoms with van der Waals surface area (Å²) < 4.78 is 0. The number of benzene rings is 1. The summed E-state index contributed by atoms with van der Waals surface area (Å²) in [4.78, 5) is 0. The predicted molar refractivity (Wildman–Crippen MR) is 83.5 cm³/mol. The molecule has 2 nitrogen and oxygen atoms in total. The largest absolute Gasteiger partial charge is 0.382 e. The lowest BCUT2D eigenvalue weighted by Gasteiger charge is -2.31. The van der Waals surface area contributed by atoms with Crippen LogP contribution in [0.15, 0.2) is 24.3 Å². The first-order valence-electron chi connectivity index (χ1n) is 7.68. The molecule has 106 valence electrons. The van der Waals surface area contributed by atoms with Crippen molar-refractivity contribution in [3.8, 4) is 0 Å². The number of hydrogen-bond acceptors (Lipinski definition) is 2. The Hall–Kier alpha value is -1.02. The average molecular weight is 260 g/mol. The van der Waals surface area contributed by atoms with E-state index in [1.54, 1.807) is 0 Å². The van der Waals surface area contributed by atoms with Crippen molar-refractivity contribution < 1.29 is 0 Å². The van der Waals surface area contributed by atoms with Gasteiger partial charge in [0, 0.05) is 17.8 Å². The van der Waals surface area contributed by atoms with E-state index in [9.17, 15) is 0 Å². The smallest absolute Gasteiger partial charge is 0.0342 e. The van der Waals surface area contributed by atoms with E-state index in [2.05, 4.69) is 50.4 Å². The molecule has 0 saturated heterocycles. The quantitative estimate of drug-likeness (QED) is 0.854. The highest BCUT2D eigenvalue weighted by Crippen LogP contribution is 2.28. The minimum absolute atomic E-state index is 0.439. The van der Waals surface area contributed by atoms with Gasteiger partial charge >= 0.3 is 0 Å². The van der Waals surface area contributed by atoms with Gasteiger partial charge in [-0.1, -0.05) is 26.0 Å². The highest BCUT2D eigenvalue weighted by Gasteiger charge is 2.23. The molecule has 0 amide bonds. The normalized spacial score (nSPS) is 25.3. The molecule has 0 heterocycles. The number of nitrogens with one attached hydrogen (secondary N) is 1. The highest BCUT2D eigenvalue weighted by atomic mass is 14.9. The fraction of sp³-hybridized carbons (Fsp3) is 0.647. The lowest BCUT2D eigenvalue weighted by molar-refractivity contribution is 0.302. The monoisotopic (exact) mass is 260 g/mol. The van der Waals surface area contributed by atoms with Crippen LogP contribution in [0.2, 0.25) is 0 Å². The van der Waals surface area contributed by atoms with Crippen LogP contribution in [0, 0.1) is 5.92 Å². The zero-order valence-electron chi connectivity index (χ0n) is 12.5. The van der Waals surface area contributed by atoms with Crippen molar-refractivity contribution in [1.29, 1.82) is 0 Å². The van der Waals surface area contributed by atoms with Crippen molar-refractivity contribution in [3.63, 3.8) is 0 Å². The summed E-state index contributed by atoms with van der Waals surface area (Å²) in [5.74, 6) is 1.37. The number of nitrogens with two attached hydrogens (primary N) is 1. The molecule has 0 aliphatic heterocycles. The van der Waals surface area contributed by atoms with E-state index in [4.69, 9.17) is 5.73 Å². The Morgan fingerprint density at radius 2 is 1.58 bits per heavy atom. The van der Waals surface area contributed by atoms with Gasteiger partial charge in [-0.15, -0.1) is 0 Å². The van der Waals surface area contributed by atoms with Gasteiger partial charge in [0.1, 0.15) is 0 Å². The average Bonchev–Trinajstić information content (AvgIpc) is 2.40. The fourth-order valence-electron chi connectivity index (χ4n) is 2.99. The first-order chi connectivity index (χ1) is 9.06. The van der Waals surface area contributed by atoms with E-state index in [0.29, 0.717) is 18.0 Å². The molecule has 1 aliphatic rings. The third-order valence-electron chi connectivity index (χ3n) is 4.50. The van der Waals surface area contributed by atoms with Crippen LogP contribution in [0.25, 0.3) is 0 Å². The molecule has 1 aromatic rings. The first kappa shape index (κ1) is 14.4. The molecule has 0 aromatic heterocycles. The van der Waals surface area contributed by atoms with E-state index in [0.717, 1.165) is 5.92 Å². The van der Waals surface area contributed by atoms with Gasteiger partial charge in [0.2, 0.25) is 0 Å². The Labute approximate surface area is 117 Å². The fourth-order valence-corrected chi connectivity index (χ4v) is 2.99. The predicted octanol–water partition coefficient (Wildman–Crippen LogP) is 4.13. The molecule has 0 spiro atoms. The van der Waals surface area contributed by atoms with Crippen LogP contribution >= 0.6 is 0 Å². The summed E-state index contributed by atoms with van der Waals surface area (Å²) in [5, 5.41) is 3.65. The number of anilines is 1. The van der Waals surface area contributed by atoms with Gasteiger partial charge in [-0.05, 0) is 62.1 Å². The maximum atomic E-state index is 5.97. The number of rotatable bonds is 4. The van der Waals surface area contributed by atoms with Crippen LogP contribution < -0.4 is 11.1 Å². The molecule has 1 unspecified atom stereocenters. The molecule has 2 rings (SSSR count). The van der Waals surface area contributed by atoms with Gasteiger partial charge in [-0.2, -0.15) is 0 Å². The Bertz CT molecular complexity index is 375. The van der Waals surface area contributed by atoms with E-state index in [-0.39, 0.29) is 0 Å². The summed E-state index contributed by atoms with van der Waals surface area (Å²) in [7, 11) is 0. The molecule has 2 heteroatoms. The van der Waals surface area contributed by atoms with Gasteiger partial charge in [0.25, 0.3) is 0 Å². The lowest BCUT2D eigenvalue weighted by atomic mass is 9.82. The van der Waals surface area contributed by atoms with Crippen molar-refractivity contribution in [2.45, 2.75) is 64.5 Å². The summed E-state index contributed by atoms with van der Waals surface area (Å²) in [6.07, 6.45) is 4.89. The molecular weight excluding hydrogens is 232 g/mol. The Kier molecular flexibility index (Phi) is 4.87. The third-order valence-corrected chi connectivity index (χ3v) is 4.50. The van der Waals surface area contributed by atoms with Crippen LogP contribution in [0.1, 0.15) is 57.9 Å². The standard InChI is InChI=1S/C17H28N2/c1-12(2)14-6-10-17(11-7-14)19-13(3)15-4-8-16(18)9-5-15/h6-7,10-13,15-16,19H,4-5,8-9,18H2,1-3H3. The lowest BCUT2D eigenvalue weighted by Crippen LogP contribution is -2.34. The molecule has 0 radical (unpaired) electrons. The second-order valence-corrected chi connectivity index (χ2v) is 6.38. The Balaban J connectivity index is 1.89. The summed E-state index contributed by atoms with van der Waals surface area (Å²) in [5.41, 5.74) is 8.62. The molecule has 3 N–H and O–H groups in total. The van der Waals surface area contributed by atoms with Gasteiger partial charge in [0.05, 0.1) is 0 Å². The van der Waals surface area contributed by atoms with Crippen molar-refractivity contribution in [3.05, 3.63) is 29.8 Å². The first-order valence-corrected chi connectivity index (χ1v) is 7.68. The summed E-state index contributed by atoms with van der Waals surface area (Å²) in [6.45, 7) is 6.77. The van der Waals surface area contributed by atoms with Crippen LogP contribution in [-0.4, -0.2) is 12.1 Å². The van der Waals surface area contributed by atoms with Gasteiger partial charge in [-0.3, -0.25) is 0 Å². The Morgan fingerprint density at radius 1 is 1.00 bits per heavy atom. The third kappa shape index (κ3) is 3.97. The number of hydrogen-bond donors (Lipinski definition) is 2. The molecule has 1 aromatic carbocycles. The molecule has 1 aliphatic carbocycles. The van der Waals surface area contributed by atoms with Crippen molar-refractivity contribution in [2.75, 3.05) is 5.32 Å². The second-order valence-electron chi connectivity index (χ2n) is 6.38. The maximum absolute atomic E-state index is 5.97. The molecule has 1 saturated carbocycles. The van der Waals surface area contributed by atoms with Crippen molar-refractivity contribution in [1.82, 2.24) is 0 Å². The van der Waals surface area contributed by atoms with E-state index in [1.165, 1.54) is 36.9 Å². The molecule has 1 fully saturated rings. The van der Waals surface area contributed by atoms with Gasteiger partial charge < -0.3 is 11.1 Å². The summed E-state index contributed by atoms with van der Waals surface area (Å²) >= 11 is 0. The van der Waals surface area contributed by atoms with Gasteiger partial charge in [-0.25, -0.2) is 0 Å². The zero-order valence-corrected chi connectivity index (χ0v) is 12.5. The van der Waals surface area contributed by atoms with Crippen LogP contribution in [0.5, 0.6) is 0 Å². The zero-order chi connectivity index (χ0) is 13.8. The van der Waals surface area contributed by atoms with Gasteiger partial charge in [0.15, 0.2) is 0 Å². The second kappa shape index (κ2) is 6.42. The molecule has 1 atom stereocenters. The van der Waals surface area contributed by atoms with Crippen molar-refractivity contribution in [2.24, 2.45) is 11.7 Å². The van der Waals surface area contributed by atoms with Crippen LogP contribution in [-0.2, 0) is 0 Å². The molecule has 0 bridgehead atoms. The van der Waals surface area contributed by atoms with E-state index >= 15 is 0 Å². The SMILES string of the molecule is CC(C)c1ccc(NC(C)C2CCC(N)CC2)cc1. The van der Waals surface area contributed by atoms with E-state index < -0.39 is 0 Å². The molecular formula is C17H28N2. The highest BCUT2D eigenvalue weighted by molar-refractivity contribution is 5.46. The van der Waals surface area contributed by atoms with Crippen molar-refractivity contribution >= 4 is 5.69 Å². The minimum atomic E-state index is 0.439. The maximum Gasteiger partial charge on any atom is 0.0342 e. The van der Waals surface area contributed by atoms with Crippen LogP contribution in [0.3, 0.4) is 0 Å². The van der Waals surface area contributed by atoms with Crippen LogP contribution in [0.4, 0.5) is 5.69 Å². The minimum Gasteiger partial charge on any atom is -0.382 e. The van der Waals surface area contributed by atoms with E-state index in [1.807, 2.05) is 0 Å². The summed E-state index contributed by atoms with van der Waals surface area (Å²) in [6, 6.07) is 9.86. The molecule has 19 heavy (non-hydrogen) atoms. The topological polar surface area (TPSA) is 38.0 Å². The Morgan fingerprint density at radius 3 is 2.11 bits per heavy atom.